The van der Waals surface area contributed by atoms with Gasteiger partial charge in [0.05, 0.1) is 0 Å². The molecule has 0 amide bonds. The molecule has 0 aliphatic carbocycles. The molecular weight excluding hydrogens is 769 g/mol. The first-order valence-corrected chi connectivity index (χ1v) is 26.3. The van der Waals surface area contributed by atoms with Gasteiger partial charge in [-0.15, -0.1) is 0 Å². The monoisotopic (exact) mass is 867 g/mol. The van der Waals surface area contributed by atoms with E-state index in [1.807, 2.05) is 0 Å². The van der Waals surface area contributed by atoms with E-state index in [-0.39, 0.29) is 37.5 Å². The highest BCUT2D eigenvalue weighted by Crippen LogP contribution is 2.14. The summed E-state index contributed by atoms with van der Waals surface area (Å²) in [6.07, 6.45) is 62.1. The molecule has 0 saturated carbocycles. The minimum absolute atomic E-state index is 0.0956. The highest BCUT2D eigenvalue weighted by molar-refractivity contribution is 5.71. The third-order valence-electron chi connectivity index (χ3n) is 11.2. The van der Waals surface area contributed by atoms with Gasteiger partial charge in [0.15, 0.2) is 6.10 Å². The number of allylic oxidation sites excluding steroid dienone is 10. The van der Waals surface area contributed by atoms with E-state index in [4.69, 9.17) is 14.2 Å². The van der Waals surface area contributed by atoms with Gasteiger partial charge in [-0.2, -0.15) is 0 Å². The largest absolute Gasteiger partial charge is 0.462 e. The van der Waals surface area contributed by atoms with Crippen molar-refractivity contribution >= 4 is 17.9 Å². The van der Waals surface area contributed by atoms with Gasteiger partial charge in [0.1, 0.15) is 13.2 Å². The van der Waals surface area contributed by atoms with Crippen molar-refractivity contribution in [2.75, 3.05) is 13.2 Å². The summed E-state index contributed by atoms with van der Waals surface area (Å²) in [5.74, 6) is -0.959. The van der Waals surface area contributed by atoms with Crippen molar-refractivity contribution < 1.29 is 28.6 Å². The summed E-state index contributed by atoms with van der Waals surface area (Å²) in [6.45, 7) is 6.55. The first-order chi connectivity index (χ1) is 30.5. The summed E-state index contributed by atoms with van der Waals surface area (Å²) >= 11 is 0. The third-order valence-corrected chi connectivity index (χ3v) is 11.2. The number of rotatable bonds is 47. The Morgan fingerprint density at radius 3 is 1.03 bits per heavy atom. The fourth-order valence-electron chi connectivity index (χ4n) is 7.21. The molecule has 0 spiro atoms. The van der Waals surface area contributed by atoms with E-state index < -0.39 is 6.10 Å². The van der Waals surface area contributed by atoms with Crippen LogP contribution in [0.1, 0.15) is 258 Å². The Bertz CT molecular complexity index is 1130. The topological polar surface area (TPSA) is 78.9 Å². The number of ether oxygens (including phenoxy) is 3. The van der Waals surface area contributed by atoms with Gasteiger partial charge < -0.3 is 14.2 Å². The number of carbonyl (C=O) groups excluding carboxylic acids is 3. The minimum atomic E-state index is -0.798. The molecule has 0 N–H and O–H groups in total. The number of carbonyl (C=O) groups is 3. The fourth-order valence-corrected chi connectivity index (χ4v) is 7.21. The zero-order valence-corrected chi connectivity index (χ0v) is 40.9. The number of hydrogen-bond donors (Lipinski definition) is 0. The average Bonchev–Trinajstić information content (AvgIpc) is 3.27. The number of hydrogen-bond acceptors (Lipinski definition) is 6. The summed E-state index contributed by atoms with van der Waals surface area (Å²) in [6, 6.07) is 0. The van der Waals surface area contributed by atoms with Crippen LogP contribution in [0.3, 0.4) is 0 Å². The molecule has 0 aliphatic rings. The van der Waals surface area contributed by atoms with Gasteiger partial charge >= 0.3 is 17.9 Å². The molecule has 0 saturated heterocycles. The van der Waals surface area contributed by atoms with Crippen molar-refractivity contribution in [3.63, 3.8) is 0 Å². The molecule has 62 heavy (non-hydrogen) atoms. The Hall–Kier alpha value is -2.89. The molecule has 0 bridgehead atoms. The summed E-state index contributed by atoms with van der Waals surface area (Å²) in [4.78, 5) is 37.9. The third kappa shape index (κ3) is 48.1. The van der Waals surface area contributed by atoms with Crippen molar-refractivity contribution in [1.29, 1.82) is 0 Å². The Balaban J connectivity index is 4.46. The normalized spacial score (nSPS) is 12.5. The van der Waals surface area contributed by atoms with Crippen molar-refractivity contribution in [3.05, 3.63) is 60.8 Å². The lowest BCUT2D eigenvalue weighted by Gasteiger charge is -2.18. The van der Waals surface area contributed by atoms with Crippen LogP contribution in [0.5, 0.6) is 0 Å². The summed E-state index contributed by atoms with van der Waals surface area (Å²) < 4.78 is 16.7. The van der Waals surface area contributed by atoms with E-state index in [1.54, 1.807) is 0 Å². The molecule has 0 aromatic heterocycles. The van der Waals surface area contributed by atoms with Crippen LogP contribution in [-0.2, 0) is 28.6 Å². The lowest BCUT2D eigenvalue weighted by molar-refractivity contribution is -0.167. The molecular formula is C56H98O6. The molecule has 358 valence electrons. The quantitative estimate of drug-likeness (QED) is 0.0262. The second-order valence-corrected chi connectivity index (χ2v) is 17.4. The van der Waals surface area contributed by atoms with E-state index in [1.165, 1.54) is 148 Å². The van der Waals surface area contributed by atoms with Crippen LogP contribution in [0.4, 0.5) is 0 Å². The van der Waals surface area contributed by atoms with Gasteiger partial charge in [-0.3, -0.25) is 14.4 Å². The van der Waals surface area contributed by atoms with Gasteiger partial charge in [-0.1, -0.05) is 197 Å². The molecule has 0 rings (SSSR count). The second kappa shape index (κ2) is 50.8. The molecule has 0 heterocycles. The van der Waals surface area contributed by atoms with Crippen molar-refractivity contribution in [2.45, 2.75) is 264 Å². The van der Waals surface area contributed by atoms with E-state index in [2.05, 4.69) is 81.5 Å². The lowest BCUT2D eigenvalue weighted by atomic mass is 10.1. The van der Waals surface area contributed by atoms with E-state index in [9.17, 15) is 14.4 Å². The van der Waals surface area contributed by atoms with Crippen LogP contribution in [0, 0.1) is 0 Å². The van der Waals surface area contributed by atoms with Crippen LogP contribution >= 0.6 is 0 Å². The molecule has 0 aliphatic heterocycles. The maximum absolute atomic E-state index is 12.8. The first kappa shape index (κ1) is 59.1. The summed E-state index contributed by atoms with van der Waals surface area (Å²) in [5, 5.41) is 0. The summed E-state index contributed by atoms with van der Waals surface area (Å²) in [5.41, 5.74) is 0. The van der Waals surface area contributed by atoms with Crippen molar-refractivity contribution in [1.82, 2.24) is 0 Å². The fraction of sp³-hybridized carbons (Fsp3) is 0.768. The van der Waals surface area contributed by atoms with Gasteiger partial charge in [0, 0.05) is 19.3 Å². The minimum Gasteiger partial charge on any atom is -0.462 e. The molecule has 1 atom stereocenters. The molecule has 0 fully saturated rings. The van der Waals surface area contributed by atoms with E-state index in [0.717, 1.165) is 64.2 Å². The maximum Gasteiger partial charge on any atom is 0.306 e. The Morgan fingerprint density at radius 2 is 0.597 bits per heavy atom. The Kier molecular flexibility index (Phi) is 48.4. The molecule has 6 nitrogen and oxygen atoms in total. The van der Waals surface area contributed by atoms with Crippen LogP contribution in [0.15, 0.2) is 60.8 Å². The van der Waals surface area contributed by atoms with Crippen LogP contribution in [0.25, 0.3) is 0 Å². The van der Waals surface area contributed by atoms with E-state index in [0.29, 0.717) is 19.3 Å². The number of esters is 3. The Labute approximate surface area is 383 Å². The van der Waals surface area contributed by atoms with Crippen molar-refractivity contribution in [2.24, 2.45) is 0 Å². The van der Waals surface area contributed by atoms with Gasteiger partial charge in [0.2, 0.25) is 0 Å². The van der Waals surface area contributed by atoms with Crippen molar-refractivity contribution in [3.8, 4) is 0 Å². The number of unbranched alkanes of at least 4 members (excludes halogenated alkanes) is 26. The second-order valence-electron chi connectivity index (χ2n) is 17.4. The summed E-state index contributed by atoms with van der Waals surface area (Å²) in [7, 11) is 0. The molecule has 1 unspecified atom stereocenters. The van der Waals surface area contributed by atoms with Crippen LogP contribution in [-0.4, -0.2) is 37.2 Å². The highest BCUT2D eigenvalue weighted by Gasteiger charge is 2.19. The molecule has 0 aromatic rings. The molecule has 6 heteroatoms. The SMILES string of the molecule is CCCCC/C=C\CCCCCCCC(=O)OCC(COC(=O)CCC/C=C\C/C=C\C/C=C\CCCCCCCC)OC(=O)CCCCCCCCC/C=C\CCCCCC. The molecule has 0 radical (unpaired) electrons. The Morgan fingerprint density at radius 1 is 0.323 bits per heavy atom. The van der Waals surface area contributed by atoms with Gasteiger partial charge in [-0.25, -0.2) is 0 Å². The van der Waals surface area contributed by atoms with Crippen LogP contribution in [0.2, 0.25) is 0 Å². The standard InChI is InChI=1S/C56H98O6/c1-4-7-10-13-16-19-22-25-27-28-30-31-34-37-40-43-46-49-55(58)61-52-53(51-60-54(57)48-45-42-39-36-33-24-21-18-15-12-9-6-3)62-56(59)50-47-44-41-38-35-32-29-26-23-20-17-14-11-8-5-2/h18,20-21,23,25,27,30-31,37,40,53H,4-17,19,22,24,26,28-29,32-36,38-39,41-52H2,1-3H3/b21-18-,23-20-,27-25-,31-30-,40-37-. The maximum atomic E-state index is 12.8. The van der Waals surface area contributed by atoms with E-state index >= 15 is 0 Å². The smallest absolute Gasteiger partial charge is 0.306 e. The predicted octanol–water partition coefficient (Wildman–Crippen LogP) is 17.3. The highest BCUT2D eigenvalue weighted by atomic mass is 16.6. The van der Waals surface area contributed by atoms with Gasteiger partial charge in [0.25, 0.3) is 0 Å². The zero-order chi connectivity index (χ0) is 45.1. The first-order valence-electron chi connectivity index (χ1n) is 26.3. The molecule has 0 aromatic carbocycles. The van der Waals surface area contributed by atoms with Gasteiger partial charge in [-0.05, 0) is 103 Å². The predicted molar refractivity (Wildman–Crippen MR) is 265 cm³/mol. The lowest BCUT2D eigenvalue weighted by Crippen LogP contribution is -2.30. The van der Waals surface area contributed by atoms with Crippen LogP contribution < -0.4 is 0 Å². The zero-order valence-electron chi connectivity index (χ0n) is 40.9. The average molecular weight is 867 g/mol.